The highest BCUT2D eigenvalue weighted by atomic mass is 79.9. The monoisotopic (exact) mass is 270 g/mol. The van der Waals surface area contributed by atoms with Crippen LogP contribution >= 0.6 is 12.9 Å². The van der Waals surface area contributed by atoms with E-state index in [-0.39, 0.29) is 18.2 Å². The average molecular weight is 271 g/mol. The number of rotatable bonds is 2. The predicted molar refractivity (Wildman–Crippen MR) is 70.9 cm³/mol. The second kappa shape index (κ2) is 5.15. The Balaban J connectivity index is 2.49. The van der Waals surface area contributed by atoms with Crippen molar-refractivity contribution in [1.82, 2.24) is 0 Å². The second-order valence-corrected chi connectivity index (χ2v) is 6.37. The standard InChI is InChI=1S/C13H11.BrH.Mg/c1-11-7-9-13(10-8-11)12-5-3-2-4-6-12;;/h2-5,7-10H,1H3;1H;/q;;+1/p-1. The SMILES string of the molecule is Cc1ccc(-c2cccc[c]2[Mg][Br])cc1. The van der Waals surface area contributed by atoms with Gasteiger partial charge in [-0.2, -0.15) is 0 Å². The third-order valence-corrected chi connectivity index (χ3v) is 5.24. The lowest BCUT2D eigenvalue weighted by molar-refractivity contribution is 1.47. The highest BCUT2D eigenvalue weighted by Crippen LogP contribution is 2.17. The summed E-state index contributed by atoms with van der Waals surface area (Å²) in [6.45, 7) is 2.12. The smallest absolute Gasteiger partial charge is 0.296 e. The molecule has 72 valence electrons. The molecule has 0 atom stereocenters. The molecule has 0 radical (unpaired) electrons. The van der Waals surface area contributed by atoms with E-state index in [9.17, 15) is 0 Å². The van der Waals surface area contributed by atoms with Gasteiger partial charge >= 0.3 is 18.2 Å². The molecule has 0 nitrogen and oxygen atoms in total. The normalized spacial score (nSPS) is 9.73. The van der Waals surface area contributed by atoms with Crippen LogP contribution in [0.1, 0.15) is 5.56 Å². The summed E-state index contributed by atoms with van der Waals surface area (Å²) in [7, 11) is 0. The van der Waals surface area contributed by atoms with Crippen LogP contribution in [-0.2, 0) is 0 Å². The predicted octanol–water partition coefficient (Wildman–Crippen LogP) is 3.30. The summed E-state index contributed by atoms with van der Waals surface area (Å²) in [5.74, 6) is 0. The van der Waals surface area contributed by atoms with Gasteiger partial charge in [0.05, 0.1) is 0 Å². The Morgan fingerprint density at radius 1 is 0.933 bits per heavy atom. The van der Waals surface area contributed by atoms with Crippen LogP contribution in [-0.4, -0.2) is 18.2 Å². The molecule has 0 heterocycles. The fourth-order valence-electron chi connectivity index (χ4n) is 1.65. The number of aryl methyl sites for hydroxylation is 1. The molecule has 15 heavy (non-hydrogen) atoms. The van der Waals surface area contributed by atoms with Crippen molar-refractivity contribution in [3.05, 3.63) is 54.1 Å². The molecule has 2 aromatic rings. The van der Waals surface area contributed by atoms with Crippen LogP contribution in [0.5, 0.6) is 0 Å². The van der Waals surface area contributed by atoms with E-state index >= 15 is 0 Å². The highest BCUT2D eigenvalue weighted by Gasteiger charge is 2.04. The molecule has 2 heteroatoms. The molecule has 0 fully saturated rings. The summed E-state index contributed by atoms with van der Waals surface area (Å²) in [4.78, 5) is 0. The molecule has 0 aliphatic heterocycles. The fourth-order valence-corrected chi connectivity index (χ4v) is 3.81. The third kappa shape index (κ3) is 2.62. The van der Waals surface area contributed by atoms with E-state index in [2.05, 4.69) is 68.3 Å². The summed E-state index contributed by atoms with van der Waals surface area (Å²) in [5, 5.41) is 0. The van der Waals surface area contributed by atoms with Crippen molar-refractivity contribution in [1.29, 1.82) is 0 Å². The Hall–Kier alpha value is -0.314. The van der Waals surface area contributed by atoms with Gasteiger partial charge in [0.2, 0.25) is 0 Å². The van der Waals surface area contributed by atoms with Crippen molar-refractivity contribution in [2.24, 2.45) is 0 Å². The molecule has 0 bridgehead atoms. The number of hydrogen-bond acceptors (Lipinski definition) is 0. The van der Waals surface area contributed by atoms with E-state index in [0.29, 0.717) is 0 Å². The Morgan fingerprint density at radius 2 is 1.60 bits per heavy atom. The van der Waals surface area contributed by atoms with E-state index in [1.165, 1.54) is 20.4 Å². The highest BCUT2D eigenvalue weighted by molar-refractivity contribution is 9.23. The molecule has 0 aromatic heterocycles. The molecule has 0 amide bonds. The fraction of sp³-hybridized carbons (Fsp3) is 0.0769. The maximum absolute atomic E-state index is 3.66. The van der Waals surface area contributed by atoms with Crippen molar-refractivity contribution in [3.8, 4) is 11.1 Å². The summed E-state index contributed by atoms with van der Waals surface area (Å²) >= 11 is 3.38. The van der Waals surface area contributed by atoms with Gasteiger partial charge in [0, 0.05) is 0 Å². The molecular weight excluding hydrogens is 260 g/mol. The number of halogens is 1. The van der Waals surface area contributed by atoms with Crippen LogP contribution in [0.3, 0.4) is 0 Å². The maximum atomic E-state index is 3.66. The van der Waals surface area contributed by atoms with Crippen LogP contribution in [0.2, 0.25) is 0 Å². The van der Waals surface area contributed by atoms with Crippen molar-refractivity contribution >= 4 is 34.8 Å². The zero-order chi connectivity index (χ0) is 10.7. The maximum Gasteiger partial charge on any atom is 0.507 e. The lowest BCUT2D eigenvalue weighted by Gasteiger charge is -2.07. The molecule has 0 N–H and O–H groups in total. The minimum absolute atomic E-state index is 0.279. The van der Waals surface area contributed by atoms with Crippen molar-refractivity contribution < 1.29 is 0 Å². The van der Waals surface area contributed by atoms with Gasteiger partial charge in [0.25, 0.3) is 0 Å². The summed E-state index contributed by atoms with van der Waals surface area (Å²) in [5.41, 5.74) is 4.01. The van der Waals surface area contributed by atoms with Crippen molar-refractivity contribution in [3.63, 3.8) is 0 Å². The summed E-state index contributed by atoms with van der Waals surface area (Å²) in [6, 6.07) is 17.4. The van der Waals surface area contributed by atoms with Crippen molar-refractivity contribution in [2.75, 3.05) is 0 Å². The van der Waals surface area contributed by atoms with Crippen LogP contribution in [0.4, 0.5) is 0 Å². The van der Waals surface area contributed by atoms with Gasteiger partial charge in [-0.25, -0.2) is 0 Å². The van der Waals surface area contributed by atoms with Gasteiger partial charge in [0.1, 0.15) is 0 Å². The van der Waals surface area contributed by atoms with Crippen molar-refractivity contribution in [2.45, 2.75) is 6.92 Å². The molecule has 0 spiro atoms. The largest absolute Gasteiger partial charge is 0.507 e. The molecule has 2 aromatic carbocycles. The quantitative estimate of drug-likeness (QED) is 0.735. The first-order chi connectivity index (χ1) is 7.31. The Kier molecular flexibility index (Phi) is 3.84. The lowest BCUT2D eigenvalue weighted by atomic mass is 10.0. The molecule has 0 saturated carbocycles. The zero-order valence-corrected chi connectivity index (χ0v) is 11.7. The van der Waals surface area contributed by atoms with Crippen LogP contribution in [0, 0.1) is 6.92 Å². The van der Waals surface area contributed by atoms with Gasteiger partial charge < -0.3 is 0 Å². The average Bonchev–Trinajstić information content (AvgIpc) is 2.30. The lowest BCUT2D eigenvalue weighted by Crippen LogP contribution is -2.11. The van der Waals surface area contributed by atoms with Gasteiger partial charge in [-0.15, -0.1) is 3.69 Å². The first-order valence-corrected chi connectivity index (χ1v) is 9.63. The van der Waals surface area contributed by atoms with Gasteiger partial charge in [-0.1, -0.05) is 54.1 Å². The summed E-state index contributed by atoms with van der Waals surface area (Å²) < 4.78 is 1.47. The third-order valence-electron chi connectivity index (χ3n) is 2.52. The molecule has 0 saturated heterocycles. The first kappa shape index (κ1) is 11.2. The zero-order valence-electron chi connectivity index (χ0n) is 8.70. The Labute approximate surface area is 106 Å². The second-order valence-electron chi connectivity index (χ2n) is 3.66. The van der Waals surface area contributed by atoms with E-state index in [1.807, 2.05) is 0 Å². The van der Waals surface area contributed by atoms with Crippen LogP contribution in [0.25, 0.3) is 11.1 Å². The molecule has 0 aliphatic carbocycles. The van der Waals surface area contributed by atoms with E-state index in [0.717, 1.165) is 0 Å². The molecule has 0 aliphatic rings. The van der Waals surface area contributed by atoms with E-state index in [1.54, 1.807) is 0 Å². The first-order valence-electron chi connectivity index (χ1n) is 5.02. The molecule has 0 unspecified atom stereocenters. The minimum atomic E-state index is -0.279. The van der Waals surface area contributed by atoms with Gasteiger partial charge in [-0.3, -0.25) is 12.9 Å². The van der Waals surface area contributed by atoms with Gasteiger partial charge in [0.15, 0.2) is 0 Å². The Bertz CT molecular complexity index is 448. The van der Waals surface area contributed by atoms with Crippen LogP contribution in [0.15, 0.2) is 48.5 Å². The molecule has 2 rings (SSSR count). The Morgan fingerprint density at radius 3 is 2.27 bits per heavy atom. The number of benzene rings is 2. The number of hydrogen-bond donors (Lipinski definition) is 0. The summed E-state index contributed by atoms with van der Waals surface area (Å²) in [6.07, 6.45) is 0. The van der Waals surface area contributed by atoms with Gasteiger partial charge in [-0.05, 0) is 18.1 Å². The topological polar surface area (TPSA) is 0 Å². The minimum Gasteiger partial charge on any atom is -0.296 e. The van der Waals surface area contributed by atoms with E-state index in [4.69, 9.17) is 0 Å². The van der Waals surface area contributed by atoms with Crippen LogP contribution < -0.4 is 3.69 Å². The van der Waals surface area contributed by atoms with E-state index < -0.39 is 0 Å². The molecular formula is C13H11BrMg.